The van der Waals surface area contributed by atoms with Crippen molar-refractivity contribution in [1.29, 1.82) is 0 Å². The summed E-state index contributed by atoms with van der Waals surface area (Å²) in [5.74, 6) is -1.53. The molecular weight excluding hydrogens is 425 g/mol. The van der Waals surface area contributed by atoms with E-state index in [1.54, 1.807) is 6.92 Å². The third-order valence-corrected chi connectivity index (χ3v) is 6.13. The van der Waals surface area contributed by atoms with Gasteiger partial charge in [0.05, 0.1) is 23.6 Å². The average molecular weight is 461 g/mol. The molecule has 182 valence electrons. The highest BCUT2D eigenvalue weighted by Gasteiger charge is 2.54. The van der Waals surface area contributed by atoms with E-state index < -0.39 is 48.2 Å². The van der Waals surface area contributed by atoms with E-state index in [1.165, 1.54) is 5.56 Å². The molecule has 1 aromatic carbocycles. The van der Waals surface area contributed by atoms with Crippen molar-refractivity contribution in [2.45, 2.75) is 83.5 Å². The average Bonchev–Trinajstić information content (AvgIpc) is 2.94. The summed E-state index contributed by atoms with van der Waals surface area (Å²) in [6, 6.07) is 8.77. The molecular formula is C23H36BN3O6. The summed E-state index contributed by atoms with van der Waals surface area (Å²) >= 11 is 0. The number of carboxylic acid groups (broad SMARTS) is 1. The predicted octanol–water partition coefficient (Wildman–Crippen LogP) is 2.29. The Morgan fingerprint density at radius 1 is 1.03 bits per heavy atom. The maximum Gasteiger partial charge on any atom is 0.481 e. The molecule has 0 radical (unpaired) electrons. The summed E-state index contributed by atoms with van der Waals surface area (Å²) in [6.07, 6.45) is 0.440. The van der Waals surface area contributed by atoms with Gasteiger partial charge in [-0.15, -0.1) is 0 Å². The molecule has 2 rings (SSSR count). The van der Waals surface area contributed by atoms with Gasteiger partial charge in [0.1, 0.15) is 6.04 Å². The highest BCUT2D eigenvalue weighted by Crippen LogP contribution is 2.38. The molecule has 0 saturated carbocycles. The highest BCUT2D eigenvalue weighted by molar-refractivity contribution is 6.48. The van der Waals surface area contributed by atoms with E-state index >= 15 is 0 Å². The zero-order valence-electron chi connectivity index (χ0n) is 20.1. The molecule has 1 heterocycles. The lowest BCUT2D eigenvalue weighted by atomic mass is 9.75. The van der Waals surface area contributed by atoms with E-state index in [0.29, 0.717) is 13.0 Å². The third kappa shape index (κ3) is 7.75. The number of hydrogen-bond acceptors (Lipinski definition) is 5. The van der Waals surface area contributed by atoms with Gasteiger partial charge in [-0.25, -0.2) is 4.79 Å². The fourth-order valence-corrected chi connectivity index (χ4v) is 3.60. The minimum Gasteiger partial charge on any atom is -0.465 e. The van der Waals surface area contributed by atoms with Gasteiger partial charge in [0, 0.05) is 6.54 Å². The zero-order chi connectivity index (χ0) is 24.6. The third-order valence-electron chi connectivity index (χ3n) is 6.13. The molecule has 0 spiro atoms. The Balaban J connectivity index is 2.14. The van der Waals surface area contributed by atoms with Crippen molar-refractivity contribution < 1.29 is 28.8 Å². The molecule has 1 aliphatic heterocycles. The molecule has 1 saturated heterocycles. The molecule has 1 unspecified atom stereocenters. The maximum absolute atomic E-state index is 13.0. The fraction of sp³-hybridized carbons (Fsp3) is 0.609. The van der Waals surface area contributed by atoms with Gasteiger partial charge in [-0.1, -0.05) is 30.3 Å². The fourth-order valence-electron chi connectivity index (χ4n) is 3.60. The smallest absolute Gasteiger partial charge is 0.465 e. The maximum atomic E-state index is 13.0. The van der Waals surface area contributed by atoms with Gasteiger partial charge in [0.2, 0.25) is 11.8 Å². The first kappa shape index (κ1) is 26.7. The van der Waals surface area contributed by atoms with Crippen LogP contribution in [0.2, 0.25) is 0 Å². The van der Waals surface area contributed by atoms with Crippen molar-refractivity contribution in [3.05, 3.63) is 35.9 Å². The van der Waals surface area contributed by atoms with Crippen LogP contribution in [0.1, 0.15) is 59.4 Å². The quantitative estimate of drug-likeness (QED) is 0.375. The van der Waals surface area contributed by atoms with Crippen LogP contribution >= 0.6 is 0 Å². The summed E-state index contributed by atoms with van der Waals surface area (Å²) in [6.45, 7) is 9.85. The van der Waals surface area contributed by atoms with Crippen molar-refractivity contribution in [1.82, 2.24) is 16.0 Å². The molecule has 9 nitrogen and oxygen atoms in total. The standard InChI is InChI=1S/C23H36BN3O6/c1-6-25-19(28)15-17(26-21(30)31)20(29)27-18(14-10-13-16-11-8-7-9-12-16)24-32-22(2,3)23(4,5)33-24/h7-9,11-12,17-18,26H,6,10,13-15H2,1-5H3,(H,25,28)(H,27,29)(H,30,31)/t17?,18-/m0/s1. The van der Waals surface area contributed by atoms with Crippen LogP contribution in [-0.4, -0.2) is 59.9 Å². The van der Waals surface area contributed by atoms with Crippen LogP contribution in [-0.2, 0) is 25.3 Å². The predicted molar refractivity (Wildman–Crippen MR) is 126 cm³/mol. The number of benzene rings is 1. The second-order valence-electron chi connectivity index (χ2n) is 9.28. The van der Waals surface area contributed by atoms with Crippen LogP contribution in [0.4, 0.5) is 4.79 Å². The molecule has 0 aromatic heterocycles. The SMILES string of the molecule is CCNC(=O)CC(NC(=O)O)C(=O)N[C@@H](CCCc1ccccc1)B1OC(C)(C)C(C)(C)O1. The first-order valence-electron chi connectivity index (χ1n) is 11.4. The normalized spacial score (nSPS) is 18.3. The second kappa shape index (κ2) is 11.5. The molecule has 1 aliphatic rings. The van der Waals surface area contributed by atoms with E-state index in [0.717, 1.165) is 12.8 Å². The minimum atomic E-state index is -1.38. The second-order valence-corrected chi connectivity index (χ2v) is 9.28. The Hall–Kier alpha value is -2.59. The van der Waals surface area contributed by atoms with Gasteiger partial charge >= 0.3 is 13.2 Å². The first-order valence-corrected chi connectivity index (χ1v) is 11.4. The van der Waals surface area contributed by atoms with Gasteiger partial charge in [0.15, 0.2) is 0 Å². The molecule has 33 heavy (non-hydrogen) atoms. The monoisotopic (exact) mass is 461 g/mol. The topological polar surface area (TPSA) is 126 Å². The van der Waals surface area contributed by atoms with Crippen molar-refractivity contribution in [2.24, 2.45) is 0 Å². The summed E-state index contributed by atoms with van der Waals surface area (Å²) in [5.41, 5.74) is 0.0118. The van der Waals surface area contributed by atoms with E-state index in [-0.39, 0.29) is 6.42 Å². The van der Waals surface area contributed by atoms with E-state index in [1.807, 2.05) is 58.0 Å². The van der Waals surface area contributed by atoms with E-state index in [2.05, 4.69) is 16.0 Å². The molecule has 0 aliphatic carbocycles. The van der Waals surface area contributed by atoms with Crippen molar-refractivity contribution in [2.75, 3.05) is 6.54 Å². The lowest BCUT2D eigenvalue weighted by molar-refractivity contribution is -0.128. The van der Waals surface area contributed by atoms with Crippen molar-refractivity contribution in [3.63, 3.8) is 0 Å². The van der Waals surface area contributed by atoms with Gasteiger partial charge in [-0.05, 0) is 59.4 Å². The minimum absolute atomic E-state index is 0.300. The van der Waals surface area contributed by atoms with Crippen molar-refractivity contribution in [3.8, 4) is 0 Å². The number of nitrogens with one attached hydrogen (secondary N) is 3. The molecule has 1 aromatic rings. The Labute approximate surface area is 196 Å². The number of carbonyl (C=O) groups is 3. The van der Waals surface area contributed by atoms with Crippen LogP contribution < -0.4 is 16.0 Å². The lowest BCUT2D eigenvalue weighted by Crippen LogP contribution is -2.55. The summed E-state index contributed by atoms with van der Waals surface area (Å²) in [4.78, 5) is 36.2. The number of carbonyl (C=O) groups excluding carboxylic acids is 2. The summed E-state index contributed by atoms with van der Waals surface area (Å²) in [5, 5.41) is 16.8. The largest absolute Gasteiger partial charge is 0.481 e. The molecule has 2 atom stereocenters. The van der Waals surface area contributed by atoms with Gasteiger partial charge < -0.3 is 30.4 Å². The van der Waals surface area contributed by atoms with Gasteiger partial charge in [-0.2, -0.15) is 0 Å². The Morgan fingerprint density at radius 3 is 2.18 bits per heavy atom. The molecule has 10 heteroatoms. The van der Waals surface area contributed by atoms with E-state index in [9.17, 15) is 14.4 Å². The molecule has 4 N–H and O–H groups in total. The van der Waals surface area contributed by atoms with Crippen LogP contribution in [0.3, 0.4) is 0 Å². The van der Waals surface area contributed by atoms with Crippen LogP contribution in [0.5, 0.6) is 0 Å². The van der Waals surface area contributed by atoms with E-state index in [4.69, 9.17) is 14.4 Å². The molecule has 1 fully saturated rings. The first-order chi connectivity index (χ1) is 15.4. The lowest BCUT2D eigenvalue weighted by Gasteiger charge is -2.32. The zero-order valence-corrected chi connectivity index (χ0v) is 20.1. The Morgan fingerprint density at radius 2 is 1.64 bits per heavy atom. The number of amides is 3. The summed E-state index contributed by atoms with van der Waals surface area (Å²) in [7, 11) is -0.704. The number of aryl methyl sites for hydroxylation is 1. The van der Waals surface area contributed by atoms with Gasteiger partial charge in [-0.3, -0.25) is 9.59 Å². The highest BCUT2D eigenvalue weighted by atomic mass is 16.7. The van der Waals surface area contributed by atoms with Crippen LogP contribution in [0.15, 0.2) is 30.3 Å². The Bertz CT molecular complexity index is 802. The summed E-state index contributed by atoms with van der Waals surface area (Å²) < 4.78 is 12.3. The van der Waals surface area contributed by atoms with Crippen molar-refractivity contribution >= 4 is 25.0 Å². The number of rotatable bonds is 11. The number of hydrogen-bond donors (Lipinski definition) is 4. The van der Waals surface area contributed by atoms with Gasteiger partial charge in [0.25, 0.3) is 0 Å². The Kier molecular flexibility index (Phi) is 9.30. The van der Waals surface area contributed by atoms with Crippen LogP contribution in [0, 0.1) is 0 Å². The van der Waals surface area contributed by atoms with Crippen LogP contribution in [0.25, 0.3) is 0 Å². The molecule has 3 amide bonds. The molecule has 0 bridgehead atoms.